The van der Waals surface area contributed by atoms with Gasteiger partial charge in [-0.15, -0.1) is 0 Å². The van der Waals surface area contributed by atoms with E-state index in [4.69, 9.17) is 4.74 Å². The fraction of sp³-hybridized carbons (Fsp3) is 0.300. The molecule has 1 aromatic rings. The van der Waals surface area contributed by atoms with Crippen LogP contribution in [0.4, 0.5) is 9.18 Å². The van der Waals surface area contributed by atoms with Crippen molar-refractivity contribution in [1.29, 1.82) is 0 Å². The van der Waals surface area contributed by atoms with Gasteiger partial charge in [-0.3, -0.25) is 0 Å². The minimum Gasteiger partial charge on any atom is -0.490 e. The second kappa shape index (κ2) is 5.85. The lowest BCUT2D eigenvalue weighted by Gasteiger charge is -2.06. The largest absolute Gasteiger partial charge is 0.490 e. The molecule has 1 N–H and O–H groups in total. The molecule has 0 unspecified atom stereocenters. The molecule has 0 saturated carbocycles. The Morgan fingerprint density at radius 2 is 2.00 bits per heavy atom. The third-order valence-corrected chi connectivity index (χ3v) is 1.60. The van der Waals surface area contributed by atoms with Gasteiger partial charge >= 0.3 is 6.09 Å². The summed E-state index contributed by atoms with van der Waals surface area (Å²) < 4.78 is 22.4. The van der Waals surface area contributed by atoms with Crippen LogP contribution in [0.5, 0.6) is 5.75 Å². The Hall–Kier alpha value is -1.78. The van der Waals surface area contributed by atoms with Gasteiger partial charge < -0.3 is 14.8 Å². The summed E-state index contributed by atoms with van der Waals surface area (Å²) in [6.45, 7) is 0.385. The molecule has 4 nitrogen and oxygen atoms in total. The number of hydrogen-bond donors (Lipinski definition) is 1. The summed E-state index contributed by atoms with van der Waals surface area (Å²) in [7, 11) is 1.48. The number of hydrogen-bond acceptors (Lipinski definition) is 3. The lowest BCUT2D eigenvalue weighted by molar-refractivity contribution is 0.127. The molecular formula is C10H12FNO3. The summed E-state index contributed by atoms with van der Waals surface area (Å²) in [6.07, 6.45) is -0.502. The molecule has 0 radical (unpaired) electrons. The van der Waals surface area contributed by atoms with Gasteiger partial charge in [-0.1, -0.05) is 0 Å². The Kier molecular flexibility index (Phi) is 4.40. The summed E-state index contributed by atoms with van der Waals surface area (Å²) in [5.74, 6) is 0.223. The molecule has 15 heavy (non-hydrogen) atoms. The van der Waals surface area contributed by atoms with Gasteiger partial charge in [0.05, 0.1) is 0 Å². The molecule has 1 amide bonds. The van der Waals surface area contributed by atoms with E-state index < -0.39 is 6.09 Å². The van der Waals surface area contributed by atoms with E-state index in [1.54, 1.807) is 0 Å². The van der Waals surface area contributed by atoms with Crippen molar-refractivity contribution in [3.63, 3.8) is 0 Å². The van der Waals surface area contributed by atoms with Crippen molar-refractivity contribution < 1.29 is 18.7 Å². The van der Waals surface area contributed by atoms with E-state index in [0.29, 0.717) is 5.75 Å². The molecule has 82 valence electrons. The number of nitrogens with one attached hydrogen (secondary N) is 1. The van der Waals surface area contributed by atoms with Crippen LogP contribution < -0.4 is 10.1 Å². The van der Waals surface area contributed by atoms with Crippen LogP contribution in [0.15, 0.2) is 24.3 Å². The highest BCUT2D eigenvalue weighted by atomic mass is 19.1. The number of ether oxygens (including phenoxy) is 2. The van der Waals surface area contributed by atoms with Gasteiger partial charge in [-0.05, 0) is 24.3 Å². The first-order valence-electron chi connectivity index (χ1n) is 4.45. The Morgan fingerprint density at radius 3 is 2.60 bits per heavy atom. The summed E-state index contributed by atoms with van der Waals surface area (Å²) >= 11 is 0. The van der Waals surface area contributed by atoms with Crippen LogP contribution in [-0.2, 0) is 4.74 Å². The number of halogens is 1. The molecular weight excluding hydrogens is 201 g/mol. The van der Waals surface area contributed by atoms with Crippen LogP contribution in [-0.4, -0.2) is 26.4 Å². The van der Waals surface area contributed by atoms with Gasteiger partial charge in [0.25, 0.3) is 0 Å². The Morgan fingerprint density at radius 1 is 1.33 bits per heavy atom. The number of carbonyl (C=O) groups is 1. The van der Waals surface area contributed by atoms with Gasteiger partial charge in [-0.25, -0.2) is 9.18 Å². The molecule has 0 fully saturated rings. The van der Waals surface area contributed by atoms with Gasteiger partial charge in [0, 0.05) is 7.05 Å². The highest BCUT2D eigenvalue weighted by molar-refractivity contribution is 5.66. The molecule has 0 bridgehead atoms. The quantitative estimate of drug-likeness (QED) is 0.772. The zero-order valence-electron chi connectivity index (χ0n) is 8.33. The number of rotatable bonds is 4. The van der Waals surface area contributed by atoms with Gasteiger partial charge in [0.1, 0.15) is 24.8 Å². The van der Waals surface area contributed by atoms with Crippen LogP contribution in [0.25, 0.3) is 0 Å². The Balaban J connectivity index is 2.20. The van der Waals surface area contributed by atoms with Crippen molar-refractivity contribution in [1.82, 2.24) is 5.32 Å². The van der Waals surface area contributed by atoms with Crippen LogP contribution in [0, 0.1) is 5.82 Å². The summed E-state index contributed by atoms with van der Waals surface area (Å²) in [5.41, 5.74) is 0. The smallest absolute Gasteiger partial charge is 0.406 e. The summed E-state index contributed by atoms with van der Waals surface area (Å²) in [6, 6.07) is 5.62. The summed E-state index contributed by atoms with van der Waals surface area (Å²) in [4.78, 5) is 10.6. The van der Waals surface area contributed by atoms with Gasteiger partial charge in [0.2, 0.25) is 0 Å². The predicted molar refractivity (Wildman–Crippen MR) is 52.3 cm³/mol. The van der Waals surface area contributed by atoms with Crippen molar-refractivity contribution >= 4 is 6.09 Å². The number of benzene rings is 1. The van der Waals surface area contributed by atoms with Crippen LogP contribution in [0.3, 0.4) is 0 Å². The van der Waals surface area contributed by atoms with Crippen molar-refractivity contribution in [3.05, 3.63) is 30.1 Å². The van der Waals surface area contributed by atoms with E-state index in [2.05, 4.69) is 10.1 Å². The minimum atomic E-state index is -0.502. The number of alkyl carbamates (subject to hydrolysis) is 1. The third kappa shape index (κ3) is 4.30. The first-order chi connectivity index (χ1) is 7.22. The molecule has 5 heteroatoms. The van der Waals surface area contributed by atoms with E-state index in [-0.39, 0.29) is 19.0 Å². The second-order valence-corrected chi connectivity index (χ2v) is 2.69. The SMILES string of the molecule is CNC(=O)OCCOc1ccc(F)cc1. The average molecular weight is 213 g/mol. The van der Waals surface area contributed by atoms with Crippen molar-refractivity contribution in [3.8, 4) is 5.75 Å². The first kappa shape index (κ1) is 11.3. The molecule has 0 saturated heterocycles. The zero-order chi connectivity index (χ0) is 11.1. The molecule has 0 aromatic heterocycles. The number of carbonyl (C=O) groups excluding carboxylic acids is 1. The zero-order valence-corrected chi connectivity index (χ0v) is 8.33. The van der Waals surface area contributed by atoms with E-state index in [1.807, 2.05) is 0 Å². The maximum Gasteiger partial charge on any atom is 0.406 e. The Labute approximate surface area is 87.0 Å². The molecule has 0 aliphatic heterocycles. The standard InChI is InChI=1S/C10H12FNO3/c1-12-10(13)15-7-6-14-9-4-2-8(11)3-5-9/h2-5H,6-7H2,1H3,(H,12,13). The highest BCUT2D eigenvalue weighted by Crippen LogP contribution is 2.10. The first-order valence-corrected chi connectivity index (χ1v) is 4.45. The van der Waals surface area contributed by atoms with Gasteiger partial charge in [-0.2, -0.15) is 0 Å². The van der Waals surface area contributed by atoms with E-state index >= 15 is 0 Å². The van der Waals surface area contributed by atoms with Crippen LogP contribution in [0.2, 0.25) is 0 Å². The molecule has 0 aliphatic carbocycles. The maximum absolute atomic E-state index is 12.5. The monoisotopic (exact) mass is 213 g/mol. The van der Waals surface area contributed by atoms with Crippen molar-refractivity contribution in [2.24, 2.45) is 0 Å². The molecule has 0 spiro atoms. The van der Waals surface area contributed by atoms with Crippen LogP contribution in [0.1, 0.15) is 0 Å². The topological polar surface area (TPSA) is 47.6 Å². The molecule has 1 rings (SSSR count). The number of amides is 1. The minimum absolute atomic E-state index is 0.150. The summed E-state index contributed by atoms with van der Waals surface area (Å²) in [5, 5.41) is 2.30. The lowest BCUT2D eigenvalue weighted by atomic mass is 10.3. The third-order valence-electron chi connectivity index (χ3n) is 1.60. The molecule has 0 heterocycles. The van der Waals surface area contributed by atoms with Crippen LogP contribution >= 0.6 is 0 Å². The fourth-order valence-corrected chi connectivity index (χ4v) is 0.897. The normalized spacial score (nSPS) is 9.47. The predicted octanol–water partition coefficient (Wildman–Crippen LogP) is 1.56. The van der Waals surface area contributed by atoms with E-state index in [1.165, 1.54) is 31.3 Å². The van der Waals surface area contributed by atoms with Gasteiger partial charge in [0.15, 0.2) is 0 Å². The molecule has 0 aliphatic rings. The Bertz CT molecular complexity index is 313. The fourth-order valence-electron chi connectivity index (χ4n) is 0.897. The molecule has 1 aromatic carbocycles. The van der Waals surface area contributed by atoms with Crippen molar-refractivity contribution in [2.45, 2.75) is 0 Å². The molecule has 0 atom stereocenters. The highest BCUT2D eigenvalue weighted by Gasteiger charge is 1.98. The van der Waals surface area contributed by atoms with E-state index in [0.717, 1.165) is 0 Å². The van der Waals surface area contributed by atoms with E-state index in [9.17, 15) is 9.18 Å². The average Bonchev–Trinajstić information content (AvgIpc) is 2.26. The maximum atomic E-state index is 12.5. The lowest BCUT2D eigenvalue weighted by Crippen LogP contribution is -2.21. The second-order valence-electron chi connectivity index (χ2n) is 2.69. The van der Waals surface area contributed by atoms with Crippen molar-refractivity contribution in [2.75, 3.05) is 20.3 Å².